The predicted molar refractivity (Wildman–Crippen MR) is 136 cm³/mol. The number of carbonyl (C=O) groups is 1. The molecule has 36 heavy (non-hydrogen) atoms. The van der Waals surface area contributed by atoms with Gasteiger partial charge in [0.25, 0.3) is 0 Å². The van der Waals surface area contributed by atoms with Gasteiger partial charge in [0, 0.05) is 11.5 Å². The number of carboxylic acids is 1. The Morgan fingerprint density at radius 1 is 1.11 bits per heavy atom. The van der Waals surface area contributed by atoms with Crippen molar-refractivity contribution < 1.29 is 28.5 Å². The highest BCUT2D eigenvalue weighted by molar-refractivity contribution is 5.91. The first kappa shape index (κ1) is 25.9. The van der Waals surface area contributed by atoms with Crippen LogP contribution in [0.15, 0.2) is 46.9 Å². The summed E-state index contributed by atoms with van der Waals surface area (Å²) < 4.78 is 23.9. The largest absolute Gasteiger partial charge is 0.497 e. The number of aromatic nitrogens is 1. The van der Waals surface area contributed by atoms with Gasteiger partial charge in [-0.2, -0.15) is 0 Å². The standard InChI is InChI=1S/C29H35NO6/c1-18(2)27-25(30-28(36-27)20-9-6-11-22(14-20)33-4)17-35-24-13-7-12-23(15-24)34-16-21-10-5-8-19(3)26(21)29(31)32/h5-6,8-11,14,18,23-24H,7,12-13,15-17H2,1-4H3,(H,31,32)/t23-,24+/m1/s1. The zero-order valence-corrected chi connectivity index (χ0v) is 21.5. The molecule has 0 saturated heterocycles. The molecule has 1 aliphatic rings. The van der Waals surface area contributed by atoms with E-state index < -0.39 is 5.97 Å². The average molecular weight is 494 g/mol. The maximum Gasteiger partial charge on any atom is 0.336 e. The first-order chi connectivity index (χ1) is 17.4. The third kappa shape index (κ3) is 6.15. The molecule has 1 N–H and O–H groups in total. The fourth-order valence-corrected chi connectivity index (χ4v) is 4.76. The molecule has 1 fully saturated rings. The number of nitrogens with zero attached hydrogens (tertiary/aromatic N) is 1. The highest BCUT2D eigenvalue weighted by Gasteiger charge is 2.26. The second-order valence-corrected chi connectivity index (χ2v) is 9.66. The Labute approximate surface area is 212 Å². The maximum atomic E-state index is 11.7. The number of carboxylic acid groups (broad SMARTS) is 1. The van der Waals surface area contributed by atoms with Crippen molar-refractivity contribution in [3.63, 3.8) is 0 Å². The van der Waals surface area contributed by atoms with Crippen molar-refractivity contribution in [2.24, 2.45) is 0 Å². The molecule has 1 heterocycles. The monoisotopic (exact) mass is 493 g/mol. The Kier molecular flexibility index (Phi) is 8.44. The smallest absolute Gasteiger partial charge is 0.336 e. The molecule has 7 nitrogen and oxygen atoms in total. The van der Waals surface area contributed by atoms with Crippen LogP contribution in [0.2, 0.25) is 0 Å². The van der Waals surface area contributed by atoms with Gasteiger partial charge in [-0.3, -0.25) is 0 Å². The van der Waals surface area contributed by atoms with Crippen molar-refractivity contribution in [2.45, 2.75) is 77.8 Å². The fraction of sp³-hybridized carbons (Fsp3) is 0.448. The second-order valence-electron chi connectivity index (χ2n) is 9.66. The van der Waals surface area contributed by atoms with E-state index in [1.807, 2.05) is 49.4 Å². The van der Waals surface area contributed by atoms with Crippen molar-refractivity contribution in [3.8, 4) is 17.2 Å². The molecule has 0 aliphatic heterocycles. The SMILES string of the molecule is COc1cccc(-c2nc(CO[C@H]3CCC[C@@H](OCc4cccc(C)c4C(=O)O)C3)c(C(C)C)o2)c1. The Morgan fingerprint density at radius 2 is 1.83 bits per heavy atom. The van der Waals surface area contributed by atoms with Gasteiger partial charge < -0.3 is 23.7 Å². The quantitative estimate of drug-likeness (QED) is 0.343. The van der Waals surface area contributed by atoms with E-state index in [9.17, 15) is 9.90 Å². The molecular formula is C29H35NO6. The van der Waals surface area contributed by atoms with E-state index in [1.54, 1.807) is 7.11 Å². The lowest BCUT2D eigenvalue weighted by atomic mass is 9.94. The Morgan fingerprint density at radius 3 is 2.53 bits per heavy atom. The number of aryl methyl sites for hydroxylation is 1. The van der Waals surface area contributed by atoms with Crippen LogP contribution in [0.5, 0.6) is 5.75 Å². The number of benzene rings is 2. The molecule has 3 aromatic rings. The first-order valence-electron chi connectivity index (χ1n) is 12.5. The zero-order chi connectivity index (χ0) is 25.7. The molecule has 0 amide bonds. The van der Waals surface area contributed by atoms with Gasteiger partial charge in [0.15, 0.2) is 0 Å². The van der Waals surface area contributed by atoms with Gasteiger partial charge in [0.05, 0.1) is 38.1 Å². The molecule has 2 aromatic carbocycles. The number of hydrogen-bond acceptors (Lipinski definition) is 6. The third-order valence-electron chi connectivity index (χ3n) is 6.65. The molecule has 1 aromatic heterocycles. The summed E-state index contributed by atoms with van der Waals surface area (Å²) in [6.45, 7) is 6.64. The van der Waals surface area contributed by atoms with Crippen LogP contribution in [0.1, 0.15) is 78.4 Å². The molecule has 7 heteroatoms. The molecule has 1 aliphatic carbocycles. The summed E-state index contributed by atoms with van der Waals surface area (Å²) in [5, 5.41) is 9.57. The lowest BCUT2D eigenvalue weighted by Crippen LogP contribution is -2.28. The van der Waals surface area contributed by atoms with Crippen molar-refractivity contribution in [1.29, 1.82) is 0 Å². The number of oxazole rings is 1. The molecule has 0 radical (unpaired) electrons. The summed E-state index contributed by atoms with van der Waals surface area (Å²) in [5.74, 6) is 1.41. The van der Waals surface area contributed by atoms with Crippen molar-refractivity contribution in [3.05, 3.63) is 70.6 Å². The van der Waals surface area contributed by atoms with Gasteiger partial charge in [-0.15, -0.1) is 0 Å². The minimum atomic E-state index is -0.918. The minimum Gasteiger partial charge on any atom is -0.497 e. The molecule has 192 valence electrons. The van der Waals surface area contributed by atoms with E-state index in [0.29, 0.717) is 23.6 Å². The van der Waals surface area contributed by atoms with E-state index in [-0.39, 0.29) is 24.7 Å². The number of ether oxygens (including phenoxy) is 3. The molecule has 1 saturated carbocycles. The van der Waals surface area contributed by atoms with E-state index >= 15 is 0 Å². The van der Waals surface area contributed by atoms with Gasteiger partial charge in [-0.05, 0) is 61.9 Å². The van der Waals surface area contributed by atoms with Gasteiger partial charge >= 0.3 is 5.97 Å². The molecule has 2 atom stereocenters. The van der Waals surface area contributed by atoms with E-state index in [0.717, 1.165) is 54.0 Å². The summed E-state index contributed by atoms with van der Waals surface area (Å²) in [4.78, 5) is 16.4. The van der Waals surface area contributed by atoms with Crippen LogP contribution < -0.4 is 4.74 Å². The summed E-state index contributed by atoms with van der Waals surface area (Å²) in [5.41, 5.74) is 3.47. The van der Waals surface area contributed by atoms with Crippen LogP contribution in [0.25, 0.3) is 11.5 Å². The molecule has 0 unspecified atom stereocenters. The van der Waals surface area contributed by atoms with Crippen LogP contribution in [0.3, 0.4) is 0 Å². The van der Waals surface area contributed by atoms with Gasteiger partial charge in [-0.1, -0.05) is 38.1 Å². The highest BCUT2D eigenvalue weighted by atomic mass is 16.5. The zero-order valence-electron chi connectivity index (χ0n) is 21.5. The van der Waals surface area contributed by atoms with Gasteiger partial charge in [-0.25, -0.2) is 9.78 Å². The number of rotatable bonds is 10. The van der Waals surface area contributed by atoms with E-state index in [1.165, 1.54) is 0 Å². The number of methoxy groups -OCH3 is 1. The molecular weight excluding hydrogens is 458 g/mol. The average Bonchev–Trinajstić information content (AvgIpc) is 3.31. The molecule has 4 rings (SSSR count). The Balaban J connectivity index is 1.38. The topological polar surface area (TPSA) is 91.0 Å². The van der Waals surface area contributed by atoms with Crippen molar-refractivity contribution in [1.82, 2.24) is 4.98 Å². The van der Waals surface area contributed by atoms with E-state index in [4.69, 9.17) is 23.6 Å². The van der Waals surface area contributed by atoms with E-state index in [2.05, 4.69) is 13.8 Å². The van der Waals surface area contributed by atoms with Gasteiger partial charge in [0.1, 0.15) is 17.2 Å². The van der Waals surface area contributed by atoms with Crippen LogP contribution in [-0.4, -0.2) is 35.4 Å². The fourth-order valence-electron chi connectivity index (χ4n) is 4.76. The van der Waals surface area contributed by atoms with Crippen LogP contribution in [0.4, 0.5) is 0 Å². The highest BCUT2D eigenvalue weighted by Crippen LogP contribution is 2.31. The van der Waals surface area contributed by atoms with Crippen LogP contribution in [-0.2, 0) is 22.7 Å². The minimum absolute atomic E-state index is 0.0279. The Bertz CT molecular complexity index is 1180. The lowest BCUT2D eigenvalue weighted by molar-refractivity contribution is -0.0564. The van der Waals surface area contributed by atoms with Crippen LogP contribution in [0, 0.1) is 6.92 Å². The van der Waals surface area contributed by atoms with Crippen LogP contribution >= 0.6 is 0 Å². The summed E-state index contributed by atoms with van der Waals surface area (Å²) >= 11 is 0. The van der Waals surface area contributed by atoms with Crippen molar-refractivity contribution in [2.75, 3.05) is 7.11 Å². The third-order valence-corrected chi connectivity index (χ3v) is 6.65. The van der Waals surface area contributed by atoms with Gasteiger partial charge in [0.2, 0.25) is 5.89 Å². The summed E-state index contributed by atoms with van der Waals surface area (Å²) in [7, 11) is 1.64. The normalized spacial score (nSPS) is 17.9. The number of hydrogen-bond donors (Lipinski definition) is 1. The summed E-state index contributed by atoms with van der Waals surface area (Å²) in [6.07, 6.45) is 3.75. The van der Waals surface area contributed by atoms with Crippen molar-refractivity contribution >= 4 is 5.97 Å². The maximum absolute atomic E-state index is 11.7. The lowest BCUT2D eigenvalue weighted by Gasteiger charge is -2.29. The first-order valence-corrected chi connectivity index (χ1v) is 12.5. The molecule has 0 spiro atoms. The second kappa shape index (κ2) is 11.7. The molecule has 0 bridgehead atoms. The number of aromatic carboxylic acids is 1. The predicted octanol–water partition coefficient (Wildman–Crippen LogP) is 6.52. The summed E-state index contributed by atoms with van der Waals surface area (Å²) in [6, 6.07) is 13.2. The Hall–Kier alpha value is -3.16.